The van der Waals surface area contributed by atoms with E-state index in [2.05, 4.69) is 11.4 Å². The molecule has 0 spiro atoms. The molecule has 1 N–H and O–H groups in total. The molecule has 6 heteroatoms. The van der Waals surface area contributed by atoms with Crippen LogP contribution in [0.25, 0.3) is 0 Å². The molecule has 0 aliphatic carbocycles. The van der Waals surface area contributed by atoms with Crippen molar-refractivity contribution in [1.82, 2.24) is 5.32 Å². The molecule has 1 aliphatic rings. The van der Waals surface area contributed by atoms with Crippen molar-refractivity contribution < 1.29 is 19.1 Å². The van der Waals surface area contributed by atoms with Crippen LogP contribution >= 0.6 is 0 Å². The summed E-state index contributed by atoms with van der Waals surface area (Å²) in [4.78, 5) is 27.2. The number of nitrogens with one attached hydrogen (secondary N) is 1. The summed E-state index contributed by atoms with van der Waals surface area (Å²) in [5.41, 5.74) is 4.22. The molecule has 0 radical (unpaired) electrons. The molecule has 0 saturated carbocycles. The van der Waals surface area contributed by atoms with Gasteiger partial charge in [0.25, 0.3) is 11.8 Å². The lowest BCUT2D eigenvalue weighted by Crippen LogP contribution is -2.28. The van der Waals surface area contributed by atoms with Crippen LogP contribution in [0.15, 0.2) is 66.7 Å². The lowest BCUT2D eigenvalue weighted by atomic mass is 10.1. The fourth-order valence-electron chi connectivity index (χ4n) is 3.77. The van der Waals surface area contributed by atoms with Gasteiger partial charge in [-0.1, -0.05) is 30.3 Å². The second-order valence-electron chi connectivity index (χ2n) is 7.29. The first-order valence-electron chi connectivity index (χ1n) is 10.1. The Morgan fingerprint density at radius 1 is 0.903 bits per heavy atom. The topological polar surface area (TPSA) is 67.9 Å². The van der Waals surface area contributed by atoms with Crippen LogP contribution in [-0.2, 0) is 13.0 Å². The molecular weight excluding hydrogens is 392 g/mol. The number of ether oxygens (including phenoxy) is 2. The minimum absolute atomic E-state index is 0.00820. The summed E-state index contributed by atoms with van der Waals surface area (Å²) in [5, 5.41) is 2.94. The highest BCUT2D eigenvalue weighted by atomic mass is 16.5. The summed E-state index contributed by atoms with van der Waals surface area (Å²) in [6.07, 6.45) is 0.797. The van der Waals surface area contributed by atoms with Crippen LogP contribution in [0.2, 0.25) is 0 Å². The Balaban J connectivity index is 1.43. The lowest BCUT2D eigenvalue weighted by Gasteiger charge is -2.17. The van der Waals surface area contributed by atoms with Crippen molar-refractivity contribution in [1.29, 1.82) is 0 Å². The molecule has 0 aromatic heterocycles. The second kappa shape index (κ2) is 8.92. The maximum atomic E-state index is 12.8. The van der Waals surface area contributed by atoms with Crippen LogP contribution in [0.5, 0.6) is 11.5 Å². The van der Waals surface area contributed by atoms with Gasteiger partial charge in [-0.3, -0.25) is 9.59 Å². The zero-order chi connectivity index (χ0) is 21.8. The number of carbonyl (C=O) groups is 2. The van der Waals surface area contributed by atoms with Gasteiger partial charge in [0.15, 0.2) is 11.5 Å². The maximum absolute atomic E-state index is 12.8. The molecule has 31 heavy (non-hydrogen) atoms. The van der Waals surface area contributed by atoms with Gasteiger partial charge in [0.05, 0.1) is 14.2 Å². The third-order valence-electron chi connectivity index (χ3n) is 5.40. The summed E-state index contributed by atoms with van der Waals surface area (Å²) in [6.45, 7) is 1.05. The fourth-order valence-corrected chi connectivity index (χ4v) is 3.77. The standard InChI is InChI=1S/C25H24N2O4/c1-30-22-11-9-20(15-23(22)31-2)24(28)26-16-17-8-10-21-19(14-17)12-13-27(21)25(29)18-6-4-3-5-7-18/h3-11,14-15H,12-13,16H2,1-2H3,(H,26,28). The molecule has 4 rings (SSSR count). The van der Waals surface area contributed by atoms with E-state index in [1.807, 2.05) is 47.4 Å². The van der Waals surface area contributed by atoms with Crippen molar-refractivity contribution >= 4 is 17.5 Å². The van der Waals surface area contributed by atoms with E-state index in [0.29, 0.717) is 35.7 Å². The highest BCUT2D eigenvalue weighted by molar-refractivity contribution is 6.07. The van der Waals surface area contributed by atoms with Gasteiger partial charge in [-0.2, -0.15) is 0 Å². The van der Waals surface area contributed by atoms with Gasteiger partial charge in [0.1, 0.15) is 0 Å². The molecule has 2 amide bonds. The minimum Gasteiger partial charge on any atom is -0.493 e. The number of amides is 2. The first kappa shape index (κ1) is 20.5. The van der Waals surface area contributed by atoms with Gasteiger partial charge in [-0.15, -0.1) is 0 Å². The van der Waals surface area contributed by atoms with E-state index >= 15 is 0 Å². The normalized spacial score (nSPS) is 12.3. The Kier molecular flexibility index (Phi) is 5.89. The fraction of sp³-hybridized carbons (Fsp3) is 0.200. The second-order valence-corrected chi connectivity index (χ2v) is 7.29. The van der Waals surface area contributed by atoms with Gasteiger partial charge < -0.3 is 19.7 Å². The van der Waals surface area contributed by atoms with E-state index in [1.54, 1.807) is 25.3 Å². The Hall–Kier alpha value is -3.80. The van der Waals surface area contributed by atoms with Crippen molar-refractivity contribution in [3.05, 3.63) is 89.0 Å². The predicted molar refractivity (Wildman–Crippen MR) is 119 cm³/mol. The third kappa shape index (κ3) is 4.23. The smallest absolute Gasteiger partial charge is 0.258 e. The van der Waals surface area contributed by atoms with Crippen LogP contribution in [0, 0.1) is 0 Å². The van der Waals surface area contributed by atoms with Crippen molar-refractivity contribution in [2.45, 2.75) is 13.0 Å². The van der Waals surface area contributed by atoms with Crippen molar-refractivity contribution in [2.24, 2.45) is 0 Å². The average molecular weight is 416 g/mol. The predicted octanol–water partition coefficient (Wildman–Crippen LogP) is 3.84. The minimum atomic E-state index is -0.192. The van der Waals surface area contributed by atoms with E-state index < -0.39 is 0 Å². The van der Waals surface area contributed by atoms with E-state index in [9.17, 15) is 9.59 Å². The number of methoxy groups -OCH3 is 2. The molecule has 0 unspecified atom stereocenters. The molecule has 0 atom stereocenters. The van der Waals surface area contributed by atoms with E-state index in [1.165, 1.54) is 7.11 Å². The van der Waals surface area contributed by atoms with E-state index in [4.69, 9.17) is 9.47 Å². The van der Waals surface area contributed by atoms with E-state index in [-0.39, 0.29) is 11.8 Å². The number of nitrogens with zero attached hydrogens (tertiary/aromatic N) is 1. The molecule has 1 heterocycles. The number of hydrogen-bond acceptors (Lipinski definition) is 4. The summed E-state index contributed by atoms with van der Waals surface area (Å²) >= 11 is 0. The van der Waals surface area contributed by atoms with Gasteiger partial charge in [0, 0.05) is 29.9 Å². The van der Waals surface area contributed by atoms with Crippen LogP contribution < -0.4 is 19.7 Å². The quantitative estimate of drug-likeness (QED) is 0.663. The summed E-state index contributed by atoms with van der Waals surface area (Å²) in [6, 6.07) is 20.3. The van der Waals surface area contributed by atoms with Gasteiger partial charge in [0.2, 0.25) is 0 Å². The largest absolute Gasteiger partial charge is 0.493 e. The van der Waals surface area contributed by atoms with Gasteiger partial charge in [-0.25, -0.2) is 0 Å². The molecule has 3 aromatic rings. The van der Waals surface area contributed by atoms with Gasteiger partial charge >= 0.3 is 0 Å². The molecule has 0 bridgehead atoms. The van der Waals surface area contributed by atoms with Crippen molar-refractivity contribution in [2.75, 3.05) is 25.7 Å². The molecule has 0 fully saturated rings. The van der Waals surface area contributed by atoms with Gasteiger partial charge in [-0.05, 0) is 53.9 Å². The summed E-state index contributed by atoms with van der Waals surface area (Å²) < 4.78 is 10.5. The molecule has 3 aromatic carbocycles. The van der Waals surface area contributed by atoms with Crippen LogP contribution in [-0.4, -0.2) is 32.6 Å². The Bertz CT molecular complexity index is 1110. The highest BCUT2D eigenvalue weighted by Gasteiger charge is 2.25. The summed E-state index contributed by atoms with van der Waals surface area (Å²) in [5.74, 6) is 0.902. The SMILES string of the molecule is COc1ccc(C(=O)NCc2ccc3c(c2)CCN3C(=O)c2ccccc2)cc1OC. The molecule has 158 valence electrons. The van der Waals surface area contributed by atoms with Crippen molar-refractivity contribution in [3.63, 3.8) is 0 Å². The number of rotatable bonds is 6. The van der Waals surface area contributed by atoms with E-state index in [0.717, 1.165) is 23.2 Å². The molecule has 1 aliphatic heterocycles. The number of anilines is 1. The zero-order valence-corrected chi connectivity index (χ0v) is 17.6. The molecule has 6 nitrogen and oxygen atoms in total. The van der Waals surface area contributed by atoms with Crippen LogP contribution in [0.3, 0.4) is 0 Å². The first-order chi connectivity index (χ1) is 15.1. The Morgan fingerprint density at radius 2 is 1.68 bits per heavy atom. The number of benzene rings is 3. The zero-order valence-electron chi connectivity index (χ0n) is 17.6. The lowest BCUT2D eigenvalue weighted by molar-refractivity contribution is 0.0949. The molecular formula is C25H24N2O4. The maximum Gasteiger partial charge on any atom is 0.258 e. The summed E-state index contributed by atoms with van der Waals surface area (Å²) in [7, 11) is 3.09. The van der Waals surface area contributed by atoms with Crippen LogP contribution in [0.4, 0.5) is 5.69 Å². The highest BCUT2D eigenvalue weighted by Crippen LogP contribution is 2.30. The molecule has 0 saturated heterocycles. The monoisotopic (exact) mass is 416 g/mol. The van der Waals surface area contributed by atoms with Crippen molar-refractivity contribution in [3.8, 4) is 11.5 Å². The number of fused-ring (bicyclic) bond motifs is 1. The Morgan fingerprint density at radius 3 is 2.42 bits per heavy atom. The average Bonchev–Trinajstić information content (AvgIpc) is 3.25. The number of carbonyl (C=O) groups excluding carboxylic acids is 2. The van der Waals surface area contributed by atoms with Crippen LogP contribution in [0.1, 0.15) is 31.8 Å². The number of hydrogen-bond donors (Lipinski definition) is 1. The third-order valence-corrected chi connectivity index (χ3v) is 5.40. The Labute approximate surface area is 181 Å². The first-order valence-corrected chi connectivity index (χ1v) is 10.1.